The van der Waals surface area contributed by atoms with E-state index < -0.39 is 0 Å². The van der Waals surface area contributed by atoms with Gasteiger partial charge in [-0.25, -0.2) is 4.39 Å². The van der Waals surface area contributed by atoms with Crippen molar-refractivity contribution >= 4 is 23.4 Å². The van der Waals surface area contributed by atoms with E-state index in [9.17, 15) is 9.18 Å². The van der Waals surface area contributed by atoms with Crippen molar-refractivity contribution in [1.82, 2.24) is 10.2 Å². The summed E-state index contributed by atoms with van der Waals surface area (Å²) in [5.74, 6) is 1.44. The van der Waals surface area contributed by atoms with E-state index in [-0.39, 0.29) is 17.8 Å². The van der Waals surface area contributed by atoms with E-state index in [4.69, 9.17) is 4.42 Å². The molecule has 0 saturated carbocycles. The summed E-state index contributed by atoms with van der Waals surface area (Å²) in [4.78, 5) is 18.2. The zero-order chi connectivity index (χ0) is 22.2. The van der Waals surface area contributed by atoms with Crippen LogP contribution in [0.15, 0.2) is 82.3 Å². The fourth-order valence-corrected chi connectivity index (χ4v) is 4.78. The van der Waals surface area contributed by atoms with Gasteiger partial charge in [-0.1, -0.05) is 18.2 Å². The zero-order valence-electron chi connectivity index (χ0n) is 18.0. The molecule has 1 N–H and O–H groups in total. The molecule has 0 bridgehead atoms. The number of piperazine rings is 1. The first-order chi connectivity index (χ1) is 15.7. The van der Waals surface area contributed by atoms with Crippen LogP contribution in [-0.2, 0) is 4.79 Å². The van der Waals surface area contributed by atoms with Crippen molar-refractivity contribution in [3.8, 4) is 0 Å². The molecule has 2 heterocycles. The van der Waals surface area contributed by atoms with Crippen LogP contribution in [0.25, 0.3) is 0 Å². The molecule has 32 heavy (non-hydrogen) atoms. The highest BCUT2D eigenvalue weighted by Crippen LogP contribution is 2.25. The number of carbonyl (C=O) groups excluding carboxylic acids is 1. The van der Waals surface area contributed by atoms with E-state index in [1.54, 1.807) is 18.0 Å². The highest BCUT2D eigenvalue weighted by atomic mass is 32.2. The molecule has 0 spiro atoms. The summed E-state index contributed by atoms with van der Waals surface area (Å²) in [5, 5.41) is 3.09. The summed E-state index contributed by atoms with van der Waals surface area (Å²) in [7, 11) is 0. The summed E-state index contributed by atoms with van der Waals surface area (Å²) in [5.41, 5.74) is 1.03. The molecule has 1 aliphatic rings. The molecule has 4 rings (SSSR count). The molecule has 3 aromatic rings. The molecule has 7 heteroatoms. The lowest BCUT2D eigenvalue weighted by Gasteiger charge is -2.39. The van der Waals surface area contributed by atoms with Crippen molar-refractivity contribution in [2.75, 3.05) is 43.4 Å². The Labute approximate surface area is 192 Å². The van der Waals surface area contributed by atoms with Gasteiger partial charge in [0.2, 0.25) is 5.91 Å². The van der Waals surface area contributed by atoms with Crippen LogP contribution in [0.2, 0.25) is 0 Å². The van der Waals surface area contributed by atoms with Crippen LogP contribution in [0.4, 0.5) is 10.1 Å². The first kappa shape index (κ1) is 22.4. The van der Waals surface area contributed by atoms with Gasteiger partial charge in [-0.3, -0.25) is 9.69 Å². The molecule has 5 nitrogen and oxygen atoms in total. The number of hydrogen-bond acceptors (Lipinski definition) is 5. The van der Waals surface area contributed by atoms with E-state index in [1.165, 1.54) is 17.0 Å². The number of thioether (sulfide) groups is 1. The van der Waals surface area contributed by atoms with Crippen LogP contribution in [0, 0.1) is 5.82 Å². The van der Waals surface area contributed by atoms with Gasteiger partial charge < -0.3 is 14.6 Å². The summed E-state index contributed by atoms with van der Waals surface area (Å²) in [6, 6.07) is 20.6. The summed E-state index contributed by atoms with van der Waals surface area (Å²) in [6.45, 7) is 3.86. The van der Waals surface area contributed by atoms with Crippen LogP contribution in [-0.4, -0.2) is 49.3 Å². The molecular formula is C25H28FN3O2S. The minimum Gasteiger partial charge on any atom is -0.468 e. The van der Waals surface area contributed by atoms with Crippen molar-refractivity contribution in [1.29, 1.82) is 0 Å². The summed E-state index contributed by atoms with van der Waals surface area (Å²) >= 11 is 1.69. The normalized spacial score (nSPS) is 15.5. The van der Waals surface area contributed by atoms with Gasteiger partial charge >= 0.3 is 0 Å². The third kappa shape index (κ3) is 6.14. The molecule has 1 aromatic heterocycles. The van der Waals surface area contributed by atoms with Crippen molar-refractivity contribution in [3.63, 3.8) is 0 Å². The van der Waals surface area contributed by atoms with Crippen molar-refractivity contribution < 1.29 is 13.6 Å². The number of carbonyl (C=O) groups is 1. The molecule has 1 unspecified atom stereocenters. The maximum absolute atomic E-state index is 13.2. The maximum atomic E-state index is 13.2. The van der Waals surface area contributed by atoms with Crippen LogP contribution in [0.1, 0.15) is 18.2 Å². The lowest BCUT2D eigenvalue weighted by molar-refractivity contribution is -0.121. The second-order valence-corrected chi connectivity index (χ2v) is 8.91. The third-order valence-corrected chi connectivity index (χ3v) is 6.67. The third-order valence-electron chi connectivity index (χ3n) is 5.65. The number of nitrogens with zero attached hydrogens (tertiary/aromatic N) is 2. The molecule has 0 radical (unpaired) electrons. The Morgan fingerprint density at radius 2 is 1.75 bits per heavy atom. The molecule has 1 fully saturated rings. The van der Waals surface area contributed by atoms with Crippen molar-refractivity contribution in [2.45, 2.75) is 17.4 Å². The quantitative estimate of drug-likeness (QED) is 0.481. The minimum atomic E-state index is -0.219. The summed E-state index contributed by atoms with van der Waals surface area (Å²) < 4.78 is 18.9. The van der Waals surface area contributed by atoms with E-state index in [0.29, 0.717) is 13.0 Å². The Bertz CT molecular complexity index is 959. The van der Waals surface area contributed by atoms with Gasteiger partial charge in [0.15, 0.2) is 0 Å². The van der Waals surface area contributed by atoms with Gasteiger partial charge in [0.25, 0.3) is 0 Å². The second kappa shape index (κ2) is 11.2. The number of rotatable bonds is 9. The fraction of sp³-hybridized carbons (Fsp3) is 0.320. The predicted molar refractivity (Wildman–Crippen MR) is 126 cm³/mol. The maximum Gasteiger partial charge on any atom is 0.220 e. The lowest BCUT2D eigenvalue weighted by Crippen LogP contribution is -2.49. The Kier molecular flexibility index (Phi) is 7.85. The Morgan fingerprint density at radius 3 is 2.44 bits per heavy atom. The number of furan rings is 1. The molecule has 168 valence electrons. The average molecular weight is 454 g/mol. The minimum absolute atomic E-state index is 0.00825. The monoisotopic (exact) mass is 453 g/mol. The standard InChI is InChI=1S/C25H28FN3O2S/c26-20-8-10-21(11-9-20)28-13-15-29(16-14-28)23(24-7-4-17-31-24)19-27-25(30)12-18-32-22-5-2-1-3-6-22/h1-11,17,23H,12-16,18-19H2,(H,27,30). The van der Waals surface area contributed by atoms with Crippen LogP contribution >= 0.6 is 11.8 Å². The van der Waals surface area contributed by atoms with Gasteiger partial charge in [0.1, 0.15) is 11.6 Å². The van der Waals surface area contributed by atoms with Gasteiger partial charge in [0.05, 0.1) is 12.3 Å². The van der Waals surface area contributed by atoms with E-state index in [0.717, 1.165) is 43.4 Å². The van der Waals surface area contributed by atoms with Gasteiger partial charge in [-0.15, -0.1) is 11.8 Å². The van der Waals surface area contributed by atoms with Gasteiger partial charge in [-0.05, 0) is 48.5 Å². The number of nitrogens with one attached hydrogen (secondary N) is 1. The Balaban J connectivity index is 1.28. The number of halogens is 1. The number of hydrogen-bond donors (Lipinski definition) is 1. The fourth-order valence-electron chi connectivity index (χ4n) is 3.91. The van der Waals surface area contributed by atoms with E-state index in [2.05, 4.69) is 27.2 Å². The first-order valence-corrected chi connectivity index (χ1v) is 11.9. The number of benzene rings is 2. The first-order valence-electron chi connectivity index (χ1n) is 10.9. The SMILES string of the molecule is O=C(CCSc1ccccc1)NCC(c1ccco1)N1CCN(c2ccc(F)cc2)CC1. The van der Waals surface area contributed by atoms with Crippen LogP contribution in [0.5, 0.6) is 0 Å². The molecule has 1 aliphatic heterocycles. The van der Waals surface area contributed by atoms with Crippen molar-refractivity contribution in [2.24, 2.45) is 0 Å². The molecule has 1 atom stereocenters. The molecule has 2 aromatic carbocycles. The number of anilines is 1. The molecular weight excluding hydrogens is 425 g/mol. The van der Waals surface area contributed by atoms with Crippen molar-refractivity contribution in [3.05, 3.63) is 84.6 Å². The molecule has 1 amide bonds. The van der Waals surface area contributed by atoms with Crippen LogP contribution < -0.4 is 10.2 Å². The van der Waals surface area contributed by atoms with E-state index in [1.807, 2.05) is 42.5 Å². The topological polar surface area (TPSA) is 48.7 Å². The summed E-state index contributed by atoms with van der Waals surface area (Å²) in [6.07, 6.45) is 2.15. The second-order valence-electron chi connectivity index (χ2n) is 7.75. The molecule has 0 aliphatic carbocycles. The molecule has 1 saturated heterocycles. The zero-order valence-corrected chi connectivity index (χ0v) is 18.8. The predicted octanol–water partition coefficient (Wildman–Crippen LogP) is 4.58. The Hall–Kier alpha value is -2.77. The van der Waals surface area contributed by atoms with Gasteiger partial charge in [0, 0.05) is 55.5 Å². The van der Waals surface area contributed by atoms with E-state index >= 15 is 0 Å². The largest absolute Gasteiger partial charge is 0.468 e. The lowest BCUT2D eigenvalue weighted by atomic mass is 10.1. The number of amides is 1. The highest BCUT2D eigenvalue weighted by molar-refractivity contribution is 7.99. The smallest absolute Gasteiger partial charge is 0.220 e. The van der Waals surface area contributed by atoms with Gasteiger partial charge in [-0.2, -0.15) is 0 Å². The highest BCUT2D eigenvalue weighted by Gasteiger charge is 2.27. The van der Waals surface area contributed by atoms with Crippen LogP contribution in [0.3, 0.4) is 0 Å². The average Bonchev–Trinajstić information content (AvgIpc) is 3.36. The Morgan fingerprint density at radius 1 is 1.00 bits per heavy atom.